The van der Waals surface area contributed by atoms with Crippen LogP contribution in [0.25, 0.3) is 10.2 Å². The van der Waals surface area contributed by atoms with Crippen LogP contribution >= 0.6 is 27.3 Å². The maximum atomic E-state index is 14.0. The lowest BCUT2D eigenvalue weighted by molar-refractivity contribution is 0.0531. The second-order valence-electron chi connectivity index (χ2n) is 4.81. The number of rotatable bonds is 4. The molecule has 3 rings (SSSR count). The van der Waals surface area contributed by atoms with Gasteiger partial charge in [0.25, 0.3) is 0 Å². The van der Waals surface area contributed by atoms with Crippen molar-refractivity contribution in [3.8, 4) is 11.6 Å². The molecular formula is C16H12BrFN2O3S. The number of fused-ring (bicyclic) bond motifs is 1. The molecule has 0 aliphatic carbocycles. The van der Waals surface area contributed by atoms with E-state index in [4.69, 9.17) is 9.47 Å². The highest BCUT2D eigenvalue weighted by atomic mass is 79.9. The van der Waals surface area contributed by atoms with Crippen molar-refractivity contribution in [2.45, 2.75) is 13.8 Å². The van der Waals surface area contributed by atoms with E-state index in [1.807, 2.05) is 0 Å². The number of carbonyl (C=O) groups excluding carboxylic acids is 1. The van der Waals surface area contributed by atoms with Crippen molar-refractivity contribution in [2.24, 2.45) is 0 Å². The summed E-state index contributed by atoms with van der Waals surface area (Å²) in [4.78, 5) is 21.3. The van der Waals surface area contributed by atoms with E-state index in [1.54, 1.807) is 19.9 Å². The molecule has 0 saturated carbocycles. The molecule has 0 unspecified atom stereocenters. The third-order valence-electron chi connectivity index (χ3n) is 3.25. The Labute approximate surface area is 149 Å². The summed E-state index contributed by atoms with van der Waals surface area (Å²) in [6.45, 7) is 3.79. The lowest BCUT2D eigenvalue weighted by Gasteiger charge is -2.07. The molecular weight excluding hydrogens is 399 g/mol. The molecule has 3 aromatic rings. The monoisotopic (exact) mass is 410 g/mol. The zero-order valence-corrected chi connectivity index (χ0v) is 15.2. The van der Waals surface area contributed by atoms with Gasteiger partial charge in [0.05, 0.1) is 12.0 Å². The molecule has 0 spiro atoms. The van der Waals surface area contributed by atoms with Crippen molar-refractivity contribution >= 4 is 43.5 Å². The SMILES string of the molecule is CCOC(=O)c1sc2ncnc(Oc3ccc(Br)cc3F)c2c1C. The summed E-state index contributed by atoms with van der Waals surface area (Å²) in [6.07, 6.45) is 1.32. The lowest BCUT2D eigenvalue weighted by Crippen LogP contribution is -2.03. The van der Waals surface area contributed by atoms with Crippen LogP contribution in [0.5, 0.6) is 11.6 Å². The Morgan fingerprint density at radius 3 is 2.88 bits per heavy atom. The average Bonchev–Trinajstić information content (AvgIpc) is 2.88. The molecule has 1 aromatic carbocycles. The van der Waals surface area contributed by atoms with E-state index in [0.29, 0.717) is 25.1 Å². The molecule has 0 N–H and O–H groups in total. The van der Waals surface area contributed by atoms with Crippen molar-refractivity contribution in [1.29, 1.82) is 0 Å². The van der Waals surface area contributed by atoms with E-state index in [-0.39, 0.29) is 18.2 Å². The third-order valence-corrected chi connectivity index (χ3v) is 4.93. The quantitative estimate of drug-likeness (QED) is 0.574. The van der Waals surface area contributed by atoms with Crippen molar-refractivity contribution in [3.05, 3.63) is 45.3 Å². The molecule has 8 heteroatoms. The molecule has 24 heavy (non-hydrogen) atoms. The zero-order chi connectivity index (χ0) is 17.3. The summed E-state index contributed by atoms with van der Waals surface area (Å²) in [5.74, 6) is -0.694. The second-order valence-corrected chi connectivity index (χ2v) is 6.73. The molecule has 0 aliphatic rings. The number of hydrogen-bond acceptors (Lipinski definition) is 6. The Morgan fingerprint density at radius 1 is 1.38 bits per heavy atom. The maximum Gasteiger partial charge on any atom is 0.348 e. The van der Waals surface area contributed by atoms with Gasteiger partial charge < -0.3 is 9.47 Å². The number of nitrogens with zero attached hydrogens (tertiary/aromatic N) is 2. The van der Waals surface area contributed by atoms with Crippen LogP contribution < -0.4 is 4.74 Å². The standard InChI is InChI=1S/C16H12BrFN2O3S/c1-3-22-16(21)13-8(2)12-14(19-7-20-15(12)24-13)23-11-5-4-9(17)6-10(11)18/h4-7H,3H2,1-2H3. The predicted molar refractivity (Wildman–Crippen MR) is 92.3 cm³/mol. The van der Waals surface area contributed by atoms with Gasteiger partial charge in [-0.05, 0) is 37.6 Å². The number of ether oxygens (including phenoxy) is 2. The lowest BCUT2D eigenvalue weighted by atomic mass is 10.2. The average molecular weight is 411 g/mol. The molecule has 0 fully saturated rings. The number of halogens is 2. The van der Waals surface area contributed by atoms with Gasteiger partial charge in [-0.2, -0.15) is 0 Å². The van der Waals surface area contributed by atoms with Crippen molar-refractivity contribution in [1.82, 2.24) is 9.97 Å². The fraction of sp³-hybridized carbons (Fsp3) is 0.188. The van der Waals surface area contributed by atoms with E-state index < -0.39 is 11.8 Å². The smallest absolute Gasteiger partial charge is 0.348 e. The highest BCUT2D eigenvalue weighted by Crippen LogP contribution is 2.37. The van der Waals surface area contributed by atoms with Crippen molar-refractivity contribution in [3.63, 3.8) is 0 Å². The van der Waals surface area contributed by atoms with Gasteiger partial charge in [-0.15, -0.1) is 11.3 Å². The fourth-order valence-electron chi connectivity index (χ4n) is 2.17. The number of aromatic nitrogens is 2. The summed E-state index contributed by atoms with van der Waals surface area (Å²) in [7, 11) is 0. The molecule has 2 heterocycles. The molecule has 0 atom stereocenters. The summed E-state index contributed by atoms with van der Waals surface area (Å²) in [5.41, 5.74) is 0.654. The maximum absolute atomic E-state index is 14.0. The fourth-order valence-corrected chi connectivity index (χ4v) is 3.54. The third kappa shape index (κ3) is 3.11. The van der Waals surface area contributed by atoms with Crippen LogP contribution in [0.4, 0.5) is 4.39 Å². The van der Waals surface area contributed by atoms with Gasteiger partial charge in [0.15, 0.2) is 11.6 Å². The first kappa shape index (κ1) is 16.8. The van der Waals surface area contributed by atoms with Crippen LogP contribution in [0.15, 0.2) is 29.0 Å². The van der Waals surface area contributed by atoms with E-state index in [1.165, 1.54) is 29.8 Å². The van der Waals surface area contributed by atoms with Gasteiger partial charge in [-0.1, -0.05) is 15.9 Å². The number of esters is 1. The van der Waals surface area contributed by atoms with Crippen LogP contribution in [-0.2, 0) is 4.74 Å². The van der Waals surface area contributed by atoms with Crippen molar-refractivity contribution in [2.75, 3.05) is 6.61 Å². The number of aryl methyl sites for hydroxylation is 1. The van der Waals surface area contributed by atoms with Gasteiger partial charge >= 0.3 is 5.97 Å². The molecule has 0 radical (unpaired) electrons. The highest BCUT2D eigenvalue weighted by molar-refractivity contribution is 9.10. The summed E-state index contributed by atoms with van der Waals surface area (Å²) in [5, 5.41) is 0.577. The molecule has 124 valence electrons. The molecule has 5 nitrogen and oxygen atoms in total. The predicted octanol–water partition coefficient (Wildman–Crippen LogP) is 4.87. The van der Waals surface area contributed by atoms with Crippen LogP contribution in [0.3, 0.4) is 0 Å². The number of thiophene rings is 1. The van der Waals surface area contributed by atoms with Crippen LogP contribution in [0, 0.1) is 12.7 Å². The minimum absolute atomic E-state index is 0.0430. The number of carbonyl (C=O) groups is 1. The summed E-state index contributed by atoms with van der Waals surface area (Å²) < 4.78 is 25.3. The Morgan fingerprint density at radius 2 is 2.17 bits per heavy atom. The van der Waals surface area contributed by atoms with Gasteiger partial charge in [-0.3, -0.25) is 0 Å². The zero-order valence-electron chi connectivity index (χ0n) is 12.8. The number of benzene rings is 1. The van der Waals surface area contributed by atoms with Gasteiger partial charge in [0.1, 0.15) is 16.0 Å². The molecule has 0 amide bonds. The molecule has 2 aromatic heterocycles. The van der Waals surface area contributed by atoms with Gasteiger partial charge in [-0.25, -0.2) is 19.2 Å². The topological polar surface area (TPSA) is 61.3 Å². The van der Waals surface area contributed by atoms with Gasteiger partial charge in [0, 0.05) is 4.47 Å². The Bertz CT molecular complexity index is 929. The van der Waals surface area contributed by atoms with Crippen LogP contribution in [0.1, 0.15) is 22.2 Å². The normalized spacial score (nSPS) is 10.8. The first-order valence-electron chi connectivity index (χ1n) is 7.05. The molecule has 0 bridgehead atoms. The van der Waals surface area contributed by atoms with E-state index in [0.717, 1.165) is 0 Å². The van der Waals surface area contributed by atoms with Gasteiger partial charge in [0.2, 0.25) is 5.88 Å². The van der Waals surface area contributed by atoms with Crippen molar-refractivity contribution < 1.29 is 18.7 Å². The summed E-state index contributed by atoms with van der Waals surface area (Å²) in [6, 6.07) is 4.47. The highest BCUT2D eigenvalue weighted by Gasteiger charge is 2.21. The first-order chi connectivity index (χ1) is 11.5. The largest absolute Gasteiger partial charge is 0.462 e. The Balaban J connectivity index is 2.07. The summed E-state index contributed by atoms with van der Waals surface area (Å²) >= 11 is 4.39. The van der Waals surface area contributed by atoms with Crippen LogP contribution in [-0.4, -0.2) is 22.5 Å². The van der Waals surface area contributed by atoms with E-state index in [9.17, 15) is 9.18 Å². The van der Waals surface area contributed by atoms with E-state index >= 15 is 0 Å². The Kier molecular flexibility index (Phi) is 4.77. The van der Waals surface area contributed by atoms with Crippen LogP contribution in [0.2, 0.25) is 0 Å². The molecule has 0 aliphatic heterocycles. The minimum Gasteiger partial charge on any atom is -0.462 e. The number of hydrogen-bond donors (Lipinski definition) is 0. The Hall–Kier alpha value is -2.06. The van der Waals surface area contributed by atoms with E-state index in [2.05, 4.69) is 25.9 Å². The molecule has 0 saturated heterocycles. The first-order valence-corrected chi connectivity index (χ1v) is 8.66. The second kappa shape index (κ2) is 6.82. The minimum atomic E-state index is -0.519.